The topological polar surface area (TPSA) is 56.7 Å². The summed E-state index contributed by atoms with van der Waals surface area (Å²) in [4.78, 5) is 8.58. The first-order valence-electron chi connectivity index (χ1n) is 4.68. The number of imidazole rings is 1. The Balaban J connectivity index is 2.81. The van der Waals surface area contributed by atoms with Gasteiger partial charge in [-0.3, -0.25) is 4.57 Å². The van der Waals surface area contributed by atoms with E-state index in [-0.39, 0.29) is 0 Å². The summed E-state index contributed by atoms with van der Waals surface area (Å²) in [5, 5.41) is 0. The van der Waals surface area contributed by atoms with Crippen molar-refractivity contribution in [1.82, 2.24) is 14.5 Å². The fourth-order valence-corrected chi connectivity index (χ4v) is 1.58. The SMILES string of the molecule is CC(C)c1ccnc2c1nc(N)n2C. The van der Waals surface area contributed by atoms with Gasteiger partial charge in [-0.05, 0) is 17.5 Å². The minimum atomic E-state index is 0.440. The summed E-state index contributed by atoms with van der Waals surface area (Å²) in [7, 11) is 1.88. The number of anilines is 1. The highest BCUT2D eigenvalue weighted by Crippen LogP contribution is 2.23. The minimum Gasteiger partial charge on any atom is -0.369 e. The van der Waals surface area contributed by atoms with Crippen molar-refractivity contribution >= 4 is 17.1 Å². The molecule has 74 valence electrons. The summed E-state index contributed by atoms with van der Waals surface area (Å²) < 4.78 is 1.81. The number of nitrogens with zero attached hydrogens (tertiary/aromatic N) is 3. The number of hydrogen-bond donors (Lipinski definition) is 1. The summed E-state index contributed by atoms with van der Waals surface area (Å²) in [5.41, 5.74) is 8.70. The van der Waals surface area contributed by atoms with Gasteiger partial charge in [0.15, 0.2) is 5.65 Å². The van der Waals surface area contributed by atoms with Crippen LogP contribution in [0.5, 0.6) is 0 Å². The van der Waals surface area contributed by atoms with Gasteiger partial charge in [-0.15, -0.1) is 0 Å². The van der Waals surface area contributed by atoms with E-state index in [0.29, 0.717) is 11.9 Å². The van der Waals surface area contributed by atoms with Crippen LogP contribution in [0, 0.1) is 0 Å². The first kappa shape index (κ1) is 8.99. The standard InChI is InChI=1S/C10H14N4/c1-6(2)7-4-5-12-9-8(7)13-10(11)14(9)3/h4-6H,1-3H3,(H2,11,13). The fourth-order valence-electron chi connectivity index (χ4n) is 1.58. The minimum absolute atomic E-state index is 0.440. The van der Waals surface area contributed by atoms with Crippen molar-refractivity contribution in [2.75, 3.05) is 5.73 Å². The quantitative estimate of drug-likeness (QED) is 0.744. The van der Waals surface area contributed by atoms with Crippen molar-refractivity contribution in [2.45, 2.75) is 19.8 Å². The second kappa shape index (κ2) is 2.97. The number of rotatable bonds is 1. The molecule has 0 saturated heterocycles. The molecule has 4 heteroatoms. The molecular formula is C10H14N4. The Morgan fingerprint density at radius 3 is 2.79 bits per heavy atom. The van der Waals surface area contributed by atoms with Gasteiger partial charge in [0.05, 0.1) is 0 Å². The number of aromatic nitrogens is 3. The lowest BCUT2D eigenvalue weighted by Gasteiger charge is -2.04. The summed E-state index contributed by atoms with van der Waals surface area (Å²) in [6, 6.07) is 2.00. The molecule has 0 aromatic carbocycles. The highest BCUT2D eigenvalue weighted by Gasteiger charge is 2.11. The van der Waals surface area contributed by atoms with E-state index >= 15 is 0 Å². The highest BCUT2D eigenvalue weighted by atomic mass is 15.2. The molecule has 0 aliphatic carbocycles. The Morgan fingerprint density at radius 1 is 1.43 bits per heavy atom. The lowest BCUT2D eigenvalue weighted by Crippen LogP contribution is -1.97. The summed E-state index contributed by atoms with van der Waals surface area (Å²) in [6.45, 7) is 4.28. The smallest absolute Gasteiger partial charge is 0.202 e. The second-order valence-electron chi connectivity index (χ2n) is 3.76. The van der Waals surface area contributed by atoms with Crippen LogP contribution in [0.4, 0.5) is 5.95 Å². The van der Waals surface area contributed by atoms with Gasteiger partial charge in [-0.25, -0.2) is 9.97 Å². The van der Waals surface area contributed by atoms with Gasteiger partial charge < -0.3 is 5.73 Å². The zero-order chi connectivity index (χ0) is 10.3. The second-order valence-corrected chi connectivity index (χ2v) is 3.76. The molecule has 0 radical (unpaired) electrons. The third-order valence-electron chi connectivity index (χ3n) is 2.45. The molecule has 2 aromatic heterocycles. The zero-order valence-electron chi connectivity index (χ0n) is 8.65. The number of fused-ring (bicyclic) bond motifs is 1. The van der Waals surface area contributed by atoms with Gasteiger partial charge in [0, 0.05) is 13.2 Å². The number of nitrogen functional groups attached to an aromatic ring is 1. The molecule has 2 heterocycles. The Kier molecular flexibility index (Phi) is 1.91. The van der Waals surface area contributed by atoms with Crippen molar-refractivity contribution in [2.24, 2.45) is 7.05 Å². The van der Waals surface area contributed by atoms with E-state index < -0.39 is 0 Å². The van der Waals surface area contributed by atoms with Crippen molar-refractivity contribution in [3.8, 4) is 0 Å². The maximum atomic E-state index is 5.73. The Hall–Kier alpha value is -1.58. The van der Waals surface area contributed by atoms with E-state index in [4.69, 9.17) is 5.73 Å². The van der Waals surface area contributed by atoms with Gasteiger partial charge in [0.25, 0.3) is 0 Å². The van der Waals surface area contributed by atoms with Crippen LogP contribution in [0.1, 0.15) is 25.3 Å². The molecule has 2 rings (SSSR count). The molecule has 14 heavy (non-hydrogen) atoms. The average Bonchev–Trinajstić information content (AvgIpc) is 2.43. The lowest BCUT2D eigenvalue weighted by atomic mass is 10.0. The van der Waals surface area contributed by atoms with E-state index in [9.17, 15) is 0 Å². The monoisotopic (exact) mass is 190 g/mol. The number of pyridine rings is 1. The Bertz CT molecular complexity index is 470. The Morgan fingerprint density at radius 2 is 2.14 bits per heavy atom. The van der Waals surface area contributed by atoms with Crippen LogP contribution in [0.15, 0.2) is 12.3 Å². The normalized spacial score (nSPS) is 11.4. The van der Waals surface area contributed by atoms with Crippen LogP contribution >= 0.6 is 0 Å². The molecule has 0 fully saturated rings. The summed E-state index contributed by atoms with van der Waals surface area (Å²) in [5.74, 6) is 0.954. The van der Waals surface area contributed by atoms with Gasteiger partial charge in [0.1, 0.15) is 5.52 Å². The van der Waals surface area contributed by atoms with Crippen LogP contribution in [-0.4, -0.2) is 14.5 Å². The lowest BCUT2D eigenvalue weighted by molar-refractivity contribution is 0.870. The van der Waals surface area contributed by atoms with E-state index in [0.717, 1.165) is 11.2 Å². The van der Waals surface area contributed by atoms with E-state index in [1.165, 1.54) is 5.56 Å². The number of hydrogen-bond acceptors (Lipinski definition) is 3. The molecular weight excluding hydrogens is 176 g/mol. The summed E-state index contributed by atoms with van der Waals surface area (Å²) in [6.07, 6.45) is 1.80. The third-order valence-corrected chi connectivity index (χ3v) is 2.45. The molecule has 2 aromatic rings. The van der Waals surface area contributed by atoms with Crippen LogP contribution < -0.4 is 5.73 Å². The molecule has 2 N–H and O–H groups in total. The van der Waals surface area contributed by atoms with Crippen LogP contribution in [-0.2, 0) is 7.05 Å². The van der Waals surface area contributed by atoms with Crippen molar-refractivity contribution in [3.63, 3.8) is 0 Å². The molecule has 0 unspecified atom stereocenters. The first-order valence-corrected chi connectivity index (χ1v) is 4.68. The van der Waals surface area contributed by atoms with Crippen LogP contribution in [0.25, 0.3) is 11.2 Å². The maximum Gasteiger partial charge on any atom is 0.202 e. The average molecular weight is 190 g/mol. The molecule has 0 amide bonds. The van der Waals surface area contributed by atoms with E-state index in [2.05, 4.69) is 23.8 Å². The van der Waals surface area contributed by atoms with Crippen molar-refractivity contribution < 1.29 is 0 Å². The van der Waals surface area contributed by atoms with Crippen molar-refractivity contribution in [3.05, 3.63) is 17.8 Å². The molecule has 0 bridgehead atoms. The Labute approximate surface area is 82.8 Å². The van der Waals surface area contributed by atoms with Gasteiger partial charge in [-0.2, -0.15) is 0 Å². The maximum absolute atomic E-state index is 5.73. The van der Waals surface area contributed by atoms with Gasteiger partial charge in [0.2, 0.25) is 5.95 Å². The number of nitrogens with two attached hydrogens (primary N) is 1. The summed E-state index contributed by atoms with van der Waals surface area (Å²) >= 11 is 0. The zero-order valence-corrected chi connectivity index (χ0v) is 8.65. The molecule has 0 aliphatic heterocycles. The largest absolute Gasteiger partial charge is 0.369 e. The highest BCUT2D eigenvalue weighted by molar-refractivity contribution is 5.78. The fraction of sp³-hybridized carbons (Fsp3) is 0.400. The van der Waals surface area contributed by atoms with E-state index in [1.54, 1.807) is 10.8 Å². The molecule has 0 spiro atoms. The first-order chi connectivity index (χ1) is 6.61. The van der Waals surface area contributed by atoms with Gasteiger partial charge >= 0.3 is 0 Å². The predicted octanol–water partition coefficient (Wildman–Crippen LogP) is 1.67. The van der Waals surface area contributed by atoms with Crippen LogP contribution in [0.2, 0.25) is 0 Å². The third kappa shape index (κ3) is 1.14. The van der Waals surface area contributed by atoms with Gasteiger partial charge in [-0.1, -0.05) is 13.8 Å². The van der Waals surface area contributed by atoms with E-state index in [1.807, 2.05) is 13.1 Å². The molecule has 0 aliphatic rings. The van der Waals surface area contributed by atoms with Crippen molar-refractivity contribution in [1.29, 1.82) is 0 Å². The molecule has 0 atom stereocenters. The number of aryl methyl sites for hydroxylation is 1. The predicted molar refractivity (Wildman–Crippen MR) is 57.0 cm³/mol. The van der Waals surface area contributed by atoms with Crippen LogP contribution in [0.3, 0.4) is 0 Å². The molecule has 4 nitrogen and oxygen atoms in total. The molecule has 0 saturated carbocycles.